The first kappa shape index (κ1) is 20.4. The van der Waals surface area contributed by atoms with Crippen molar-refractivity contribution >= 4 is 18.7 Å². The van der Waals surface area contributed by atoms with E-state index in [1.165, 1.54) is 0 Å². The molecule has 0 atom stereocenters. The number of rotatable bonds is 5. The molecule has 0 aliphatic carbocycles. The number of thiol groups is 2. The van der Waals surface area contributed by atoms with Gasteiger partial charge in [0, 0.05) is 19.6 Å². The van der Waals surface area contributed by atoms with Gasteiger partial charge in [0.25, 0.3) is 0 Å². The van der Waals surface area contributed by atoms with Gasteiger partial charge in [-0.1, -0.05) is 36.4 Å². The molecule has 30 heavy (non-hydrogen) atoms. The van der Waals surface area contributed by atoms with E-state index in [-0.39, 0.29) is 11.5 Å². The molecule has 6 heteroatoms. The van der Waals surface area contributed by atoms with Gasteiger partial charge in [-0.3, -0.25) is 0 Å². The van der Waals surface area contributed by atoms with Crippen molar-refractivity contribution in [3.8, 4) is 11.5 Å². The van der Waals surface area contributed by atoms with Crippen LogP contribution in [0.15, 0.2) is 129 Å². The largest absolute Gasteiger partial charge is 0.508 e. The van der Waals surface area contributed by atoms with Gasteiger partial charge < -0.3 is 19.3 Å². The van der Waals surface area contributed by atoms with Crippen molar-refractivity contribution in [2.45, 2.75) is 19.6 Å². The molecule has 156 valence electrons. The number of aromatic hydroxyl groups is 2. The van der Waals surface area contributed by atoms with Crippen molar-refractivity contribution in [3.05, 3.63) is 109 Å². The number of hydrogen-bond acceptors (Lipinski definition) is 4. The molecule has 0 heterocycles. The predicted molar refractivity (Wildman–Crippen MR) is 125 cm³/mol. The molecule has 0 amide bonds. The van der Waals surface area contributed by atoms with Crippen LogP contribution in [0.4, 0.5) is 0 Å². The Morgan fingerprint density at radius 1 is 0.467 bits per heavy atom. The number of phenols is 2. The van der Waals surface area contributed by atoms with E-state index in [2.05, 4.69) is 0 Å². The van der Waals surface area contributed by atoms with Gasteiger partial charge in [0.05, 0.1) is 0 Å². The zero-order valence-corrected chi connectivity index (χ0v) is 17.9. The Bertz CT molecular complexity index is 1040. The third-order valence-corrected chi connectivity index (χ3v) is 14.9. The Morgan fingerprint density at radius 2 is 0.800 bits per heavy atom. The van der Waals surface area contributed by atoms with Crippen LogP contribution in [0.2, 0.25) is 0 Å². The maximum atomic E-state index is 12.5. The van der Waals surface area contributed by atoms with Gasteiger partial charge >= 0.3 is 0 Å². The lowest BCUT2D eigenvalue weighted by Crippen LogP contribution is -2.18. The van der Waals surface area contributed by atoms with Crippen LogP contribution in [0, 0.1) is 0 Å². The second kappa shape index (κ2) is 7.74. The summed E-state index contributed by atoms with van der Waals surface area (Å²) < 4.78 is 25.0. The zero-order valence-electron chi connectivity index (χ0n) is 16.1. The molecule has 0 fully saturated rings. The van der Waals surface area contributed by atoms with Gasteiger partial charge in [-0.15, -0.1) is 9.93 Å². The first-order valence-electron chi connectivity index (χ1n) is 9.41. The third kappa shape index (κ3) is 3.44. The summed E-state index contributed by atoms with van der Waals surface area (Å²) in [4.78, 5) is 2.34. The van der Waals surface area contributed by atoms with Crippen molar-refractivity contribution in [1.29, 1.82) is 0 Å². The van der Waals surface area contributed by atoms with Gasteiger partial charge in [0.15, 0.2) is 0 Å². The molecule has 4 aromatic carbocycles. The molecule has 0 aliphatic heterocycles. The van der Waals surface area contributed by atoms with E-state index in [1.54, 1.807) is 97.1 Å². The first-order valence-corrected chi connectivity index (χ1v) is 13.6. The topological polar surface area (TPSA) is 80.9 Å². The SMILES string of the molecule is Oc1ccc([SH](c2ccc(O)cc2)[SH](O)(O)(c2ccccc2)c2ccccc2)cc1. The molecule has 4 rings (SSSR count). The maximum Gasteiger partial charge on any atom is 0.115 e. The van der Waals surface area contributed by atoms with Crippen LogP contribution >= 0.6 is 18.7 Å². The minimum Gasteiger partial charge on any atom is -0.508 e. The van der Waals surface area contributed by atoms with E-state index in [9.17, 15) is 19.3 Å². The molecule has 4 N–H and O–H groups in total. The Kier molecular flexibility index (Phi) is 5.26. The Hall–Kier alpha value is -2.90. The van der Waals surface area contributed by atoms with Crippen LogP contribution in [0.25, 0.3) is 0 Å². The molecule has 4 aromatic rings. The summed E-state index contributed by atoms with van der Waals surface area (Å²) in [7, 11) is -6.50. The summed E-state index contributed by atoms with van der Waals surface area (Å²) in [5.74, 6) is 0.213. The van der Waals surface area contributed by atoms with Gasteiger partial charge in [0.2, 0.25) is 0 Å². The van der Waals surface area contributed by atoms with Crippen molar-refractivity contribution in [2.24, 2.45) is 0 Å². The van der Waals surface area contributed by atoms with E-state index in [0.717, 1.165) is 0 Å². The molecule has 0 spiro atoms. The Morgan fingerprint density at radius 3 is 1.13 bits per heavy atom. The van der Waals surface area contributed by atoms with Crippen molar-refractivity contribution in [1.82, 2.24) is 0 Å². The normalized spacial score (nSPS) is 13.3. The molecule has 0 saturated heterocycles. The van der Waals surface area contributed by atoms with Crippen molar-refractivity contribution in [2.75, 3.05) is 0 Å². The molecule has 0 aliphatic rings. The molecule has 0 aromatic heterocycles. The van der Waals surface area contributed by atoms with Crippen molar-refractivity contribution < 1.29 is 19.3 Å². The summed E-state index contributed by atoms with van der Waals surface area (Å²) >= 11 is 0. The van der Waals surface area contributed by atoms with E-state index in [1.807, 2.05) is 12.1 Å². The highest BCUT2D eigenvalue weighted by molar-refractivity contribution is 9.05. The van der Waals surface area contributed by atoms with Gasteiger partial charge in [-0.05, 0) is 72.8 Å². The van der Waals surface area contributed by atoms with Crippen molar-refractivity contribution in [3.63, 3.8) is 0 Å². The standard InChI is InChI=1S/C24H24O4S2/c25-19-11-15-21(16-12-19)29(22-17-13-20(26)14-18-22)30(27,28,23-7-3-1-4-8-23)24-9-5-2-6-10-24/h1-18,25-30H. The Balaban J connectivity index is 2.08. The fourth-order valence-electron chi connectivity index (χ4n) is 3.56. The predicted octanol–water partition coefficient (Wildman–Crippen LogP) is 6.57. The Labute approximate surface area is 178 Å². The molecule has 0 unspecified atom stereocenters. The monoisotopic (exact) mass is 440 g/mol. The molecular weight excluding hydrogens is 416 g/mol. The van der Waals surface area contributed by atoms with Crippen LogP contribution in [0.3, 0.4) is 0 Å². The fourth-order valence-corrected chi connectivity index (χ4v) is 13.4. The van der Waals surface area contributed by atoms with Crippen LogP contribution in [-0.4, -0.2) is 19.3 Å². The smallest absolute Gasteiger partial charge is 0.115 e. The first-order chi connectivity index (χ1) is 14.4. The molecule has 4 nitrogen and oxygen atoms in total. The van der Waals surface area contributed by atoms with Gasteiger partial charge in [-0.25, -0.2) is 8.75 Å². The average Bonchev–Trinajstić information content (AvgIpc) is 2.78. The number of hydrogen-bond donors (Lipinski definition) is 6. The van der Waals surface area contributed by atoms with E-state index in [4.69, 9.17) is 0 Å². The summed E-state index contributed by atoms with van der Waals surface area (Å²) in [5, 5.41) is 19.6. The second-order valence-electron chi connectivity index (χ2n) is 7.00. The average molecular weight is 441 g/mol. The maximum absolute atomic E-state index is 12.5. The van der Waals surface area contributed by atoms with Gasteiger partial charge in [0.1, 0.15) is 11.5 Å². The second-order valence-corrected chi connectivity index (χ2v) is 15.1. The highest BCUT2D eigenvalue weighted by Crippen LogP contribution is 2.93. The van der Waals surface area contributed by atoms with Crippen LogP contribution < -0.4 is 0 Å². The lowest BCUT2D eigenvalue weighted by Gasteiger charge is -2.66. The molecule has 0 radical (unpaired) electrons. The quantitative estimate of drug-likeness (QED) is 0.157. The van der Waals surface area contributed by atoms with E-state index >= 15 is 0 Å². The lowest BCUT2D eigenvalue weighted by atomic mass is 10.3. The fraction of sp³-hybridized carbons (Fsp3) is 0. The highest BCUT2D eigenvalue weighted by Gasteiger charge is 2.41. The van der Waals surface area contributed by atoms with E-state index < -0.39 is 18.7 Å². The number of benzene rings is 4. The molecule has 0 saturated carbocycles. The van der Waals surface area contributed by atoms with Crippen LogP contribution in [-0.2, 0) is 0 Å². The van der Waals surface area contributed by atoms with E-state index in [0.29, 0.717) is 19.6 Å². The third-order valence-electron chi connectivity index (χ3n) is 5.03. The van der Waals surface area contributed by atoms with Crippen LogP contribution in [0.1, 0.15) is 0 Å². The van der Waals surface area contributed by atoms with Gasteiger partial charge in [-0.2, -0.15) is 0 Å². The summed E-state index contributed by atoms with van der Waals surface area (Å²) in [6.45, 7) is 0. The highest BCUT2D eigenvalue weighted by atomic mass is 33.2. The van der Waals surface area contributed by atoms with Crippen LogP contribution in [0.5, 0.6) is 11.5 Å². The minimum atomic E-state index is -4.76. The summed E-state index contributed by atoms with van der Waals surface area (Å²) in [6.07, 6.45) is 0. The molecular formula is C24H24O4S2. The minimum absolute atomic E-state index is 0.107. The summed E-state index contributed by atoms with van der Waals surface area (Å²) in [5.41, 5.74) is 0. The lowest BCUT2D eigenvalue weighted by molar-refractivity contribution is 0.473. The number of phenolic OH excluding ortho intramolecular Hbond substituents is 2. The molecule has 0 bridgehead atoms. The zero-order chi connectivity index (χ0) is 21.2. The summed E-state index contributed by atoms with van der Waals surface area (Å²) in [6, 6.07) is 31.0.